The third-order valence-corrected chi connectivity index (χ3v) is 4.82. The number of fused-ring (bicyclic) bond motifs is 1. The Balaban J connectivity index is 1.47. The number of hydrogen-bond acceptors (Lipinski definition) is 4. The van der Waals surface area contributed by atoms with Crippen molar-refractivity contribution < 1.29 is 9.53 Å². The van der Waals surface area contributed by atoms with Crippen LogP contribution in [-0.2, 0) is 6.42 Å². The minimum absolute atomic E-state index is 0.178. The van der Waals surface area contributed by atoms with E-state index in [2.05, 4.69) is 39.5 Å². The molecule has 28 heavy (non-hydrogen) atoms. The molecular weight excluding hydrogens is 350 g/mol. The van der Waals surface area contributed by atoms with Crippen LogP contribution in [-0.4, -0.2) is 24.0 Å². The molecule has 3 aromatic rings. The summed E-state index contributed by atoms with van der Waals surface area (Å²) < 4.78 is 5.42. The van der Waals surface area contributed by atoms with Crippen molar-refractivity contribution >= 4 is 23.1 Å². The summed E-state index contributed by atoms with van der Waals surface area (Å²) in [5.74, 6) is 1.47. The Hall–Kier alpha value is -3.34. The average Bonchev–Trinajstić information content (AvgIpc) is 2.75. The van der Waals surface area contributed by atoms with Gasteiger partial charge < -0.3 is 15.0 Å². The van der Waals surface area contributed by atoms with Crippen LogP contribution in [0.4, 0.5) is 17.2 Å². The Morgan fingerprint density at radius 1 is 1.11 bits per heavy atom. The highest BCUT2D eigenvalue weighted by molar-refractivity contribution is 6.04. The summed E-state index contributed by atoms with van der Waals surface area (Å²) >= 11 is 0. The molecular formula is C23H23N3O2. The maximum Gasteiger partial charge on any atom is 0.257 e. The molecule has 1 N–H and O–H groups in total. The fourth-order valence-electron chi connectivity index (χ4n) is 3.46. The molecule has 2 heterocycles. The second-order valence-corrected chi connectivity index (χ2v) is 6.70. The average molecular weight is 373 g/mol. The zero-order valence-electron chi connectivity index (χ0n) is 15.9. The Labute approximate surface area is 165 Å². The van der Waals surface area contributed by atoms with Gasteiger partial charge in [-0.05, 0) is 67.8 Å². The van der Waals surface area contributed by atoms with Crippen LogP contribution in [0.5, 0.6) is 5.75 Å². The standard InChI is InChI=1S/C23H23N3O2/c1-2-28-20-12-10-19(11-13-20)25-23(27)18-9-14-22(24-16-18)26-15-5-7-17-6-3-4-8-21(17)26/h3-4,6,8-14,16H,2,5,7,15H2,1H3,(H,25,27). The molecule has 5 nitrogen and oxygen atoms in total. The van der Waals surface area contributed by atoms with Gasteiger partial charge in [-0.1, -0.05) is 18.2 Å². The number of para-hydroxylation sites is 1. The zero-order chi connectivity index (χ0) is 19.3. The molecule has 0 atom stereocenters. The second kappa shape index (κ2) is 8.13. The van der Waals surface area contributed by atoms with E-state index in [4.69, 9.17) is 4.74 Å². The van der Waals surface area contributed by atoms with Crippen molar-refractivity contribution in [1.29, 1.82) is 0 Å². The molecule has 0 saturated heterocycles. The summed E-state index contributed by atoms with van der Waals surface area (Å²) in [5, 5.41) is 2.89. The molecule has 4 rings (SSSR count). The quantitative estimate of drug-likeness (QED) is 0.697. The Kier molecular flexibility index (Phi) is 5.24. The van der Waals surface area contributed by atoms with Crippen LogP contribution in [0.25, 0.3) is 0 Å². The number of ether oxygens (including phenoxy) is 1. The Morgan fingerprint density at radius 3 is 2.68 bits per heavy atom. The molecule has 2 aromatic carbocycles. The SMILES string of the molecule is CCOc1ccc(NC(=O)c2ccc(N3CCCc4ccccc43)nc2)cc1. The molecule has 1 aromatic heterocycles. The molecule has 0 saturated carbocycles. The maximum absolute atomic E-state index is 12.5. The molecule has 1 amide bonds. The Morgan fingerprint density at radius 2 is 1.93 bits per heavy atom. The van der Waals surface area contributed by atoms with Crippen LogP contribution in [0.1, 0.15) is 29.3 Å². The number of pyridine rings is 1. The normalized spacial score (nSPS) is 13.0. The number of benzene rings is 2. The molecule has 0 unspecified atom stereocenters. The predicted octanol–water partition coefficient (Wildman–Crippen LogP) is 4.82. The predicted molar refractivity (Wildman–Crippen MR) is 112 cm³/mol. The summed E-state index contributed by atoms with van der Waals surface area (Å²) in [6.45, 7) is 3.49. The first kappa shape index (κ1) is 18.0. The highest BCUT2D eigenvalue weighted by Crippen LogP contribution is 2.32. The number of amides is 1. The van der Waals surface area contributed by atoms with Gasteiger partial charge in [-0.3, -0.25) is 4.79 Å². The minimum Gasteiger partial charge on any atom is -0.494 e. The number of nitrogens with one attached hydrogen (secondary N) is 1. The topological polar surface area (TPSA) is 54.5 Å². The highest BCUT2D eigenvalue weighted by Gasteiger charge is 2.19. The van der Waals surface area contributed by atoms with Crippen molar-refractivity contribution in [3.8, 4) is 5.75 Å². The maximum atomic E-state index is 12.5. The van der Waals surface area contributed by atoms with E-state index in [-0.39, 0.29) is 5.91 Å². The molecule has 0 spiro atoms. The van der Waals surface area contributed by atoms with E-state index in [9.17, 15) is 4.79 Å². The smallest absolute Gasteiger partial charge is 0.257 e. The van der Waals surface area contributed by atoms with Crippen LogP contribution in [0, 0.1) is 0 Å². The number of carbonyl (C=O) groups excluding carboxylic acids is 1. The summed E-state index contributed by atoms with van der Waals surface area (Å²) in [6.07, 6.45) is 3.82. The number of carbonyl (C=O) groups is 1. The summed E-state index contributed by atoms with van der Waals surface area (Å²) in [4.78, 5) is 19.3. The fraction of sp³-hybridized carbons (Fsp3) is 0.217. The first-order chi connectivity index (χ1) is 13.7. The number of rotatable bonds is 5. The molecule has 1 aliphatic rings. The third kappa shape index (κ3) is 3.83. The van der Waals surface area contributed by atoms with E-state index in [1.54, 1.807) is 6.20 Å². The van der Waals surface area contributed by atoms with E-state index in [0.29, 0.717) is 12.2 Å². The van der Waals surface area contributed by atoms with Crippen LogP contribution in [0.3, 0.4) is 0 Å². The fourth-order valence-corrected chi connectivity index (χ4v) is 3.46. The lowest BCUT2D eigenvalue weighted by Gasteiger charge is -2.30. The molecule has 0 bridgehead atoms. The molecule has 142 valence electrons. The summed E-state index contributed by atoms with van der Waals surface area (Å²) in [7, 11) is 0. The Bertz CT molecular complexity index is 952. The lowest BCUT2D eigenvalue weighted by atomic mass is 10.0. The minimum atomic E-state index is -0.178. The monoisotopic (exact) mass is 373 g/mol. The van der Waals surface area contributed by atoms with E-state index < -0.39 is 0 Å². The van der Waals surface area contributed by atoms with E-state index in [1.807, 2.05) is 43.3 Å². The number of aromatic nitrogens is 1. The van der Waals surface area contributed by atoms with Gasteiger partial charge in [-0.25, -0.2) is 4.98 Å². The lowest BCUT2D eigenvalue weighted by molar-refractivity contribution is 0.102. The van der Waals surface area contributed by atoms with E-state index in [1.165, 1.54) is 11.3 Å². The zero-order valence-corrected chi connectivity index (χ0v) is 15.9. The molecule has 5 heteroatoms. The first-order valence-electron chi connectivity index (χ1n) is 9.60. The van der Waals surface area contributed by atoms with Gasteiger partial charge in [0.2, 0.25) is 0 Å². The number of hydrogen-bond donors (Lipinski definition) is 1. The van der Waals surface area contributed by atoms with Gasteiger partial charge >= 0.3 is 0 Å². The van der Waals surface area contributed by atoms with Gasteiger partial charge in [0.15, 0.2) is 0 Å². The highest BCUT2D eigenvalue weighted by atomic mass is 16.5. The molecule has 0 aliphatic carbocycles. The van der Waals surface area contributed by atoms with Crippen LogP contribution in [0.2, 0.25) is 0 Å². The van der Waals surface area contributed by atoms with Crippen molar-refractivity contribution in [1.82, 2.24) is 4.98 Å². The van der Waals surface area contributed by atoms with Crippen LogP contribution >= 0.6 is 0 Å². The number of anilines is 3. The summed E-state index contributed by atoms with van der Waals surface area (Å²) in [5.41, 5.74) is 3.80. The molecule has 1 aliphatic heterocycles. The van der Waals surface area contributed by atoms with Gasteiger partial charge in [0, 0.05) is 24.1 Å². The molecule has 0 radical (unpaired) electrons. The number of nitrogens with zero attached hydrogens (tertiary/aromatic N) is 2. The first-order valence-corrected chi connectivity index (χ1v) is 9.60. The van der Waals surface area contributed by atoms with Gasteiger partial charge in [-0.15, -0.1) is 0 Å². The van der Waals surface area contributed by atoms with E-state index >= 15 is 0 Å². The van der Waals surface area contributed by atoms with E-state index in [0.717, 1.165) is 36.6 Å². The van der Waals surface area contributed by atoms with Crippen LogP contribution < -0.4 is 15.0 Å². The van der Waals surface area contributed by atoms with Gasteiger partial charge in [0.25, 0.3) is 5.91 Å². The van der Waals surface area contributed by atoms with Gasteiger partial charge in [-0.2, -0.15) is 0 Å². The second-order valence-electron chi connectivity index (χ2n) is 6.70. The lowest BCUT2D eigenvalue weighted by Crippen LogP contribution is -2.25. The van der Waals surface area contributed by atoms with Crippen molar-refractivity contribution in [3.63, 3.8) is 0 Å². The number of aryl methyl sites for hydroxylation is 1. The van der Waals surface area contributed by atoms with Crippen molar-refractivity contribution in [3.05, 3.63) is 78.0 Å². The van der Waals surface area contributed by atoms with Crippen molar-refractivity contribution in [2.24, 2.45) is 0 Å². The van der Waals surface area contributed by atoms with Crippen molar-refractivity contribution in [2.75, 3.05) is 23.4 Å². The third-order valence-electron chi connectivity index (χ3n) is 4.82. The van der Waals surface area contributed by atoms with Gasteiger partial charge in [0.1, 0.15) is 11.6 Å². The molecule has 0 fully saturated rings. The summed E-state index contributed by atoms with van der Waals surface area (Å²) in [6, 6.07) is 19.5. The largest absolute Gasteiger partial charge is 0.494 e. The van der Waals surface area contributed by atoms with Gasteiger partial charge in [0.05, 0.1) is 12.2 Å². The van der Waals surface area contributed by atoms with Crippen molar-refractivity contribution in [2.45, 2.75) is 19.8 Å². The van der Waals surface area contributed by atoms with Crippen LogP contribution in [0.15, 0.2) is 66.9 Å².